The first-order valence-electron chi connectivity index (χ1n) is 9.58. The number of H-pyrrole nitrogens is 1. The number of ketones is 1. The van der Waals surface area contributed by atoms with Crippen LogP contribution < -0.4 is 4.90 Å². The predicted octanol–water partition coefficient (Wildman–Crippen LogP) is 3.22. The molecule has 2 aromatic rings. The third-order valence-electron chi connectivity index (χ3n) is 5.62. The molecule has 29 heavy (non-hydrogen) atoms. The summed E-state index contributed by atoms with van der Waals surface area (Å²) in [5.41, 5.74) is 1.89. The number of aryl methyl sites for hydroxylation is 1. The molecule has 2 aromatic heterocycles. The van der Waals surface area contributed by atoms with Crippen molar-refractivity contribution in [3.8, 4) is 0 Å². The van der Waals surface area contributed by atoms with Crippen LogP contribution in [0, 0.1) is 6.92 Å². The standard InChI is InChI=1S/C20H21F3N4O2/c1-12-17-14(3-2-4-15(17)28)25-18(12)19(29)27-9-7-26(8-10-27)16-6-5-13(11-24-16)20(21,22)23/h5-6,11,25H,2-4,7-10H2,1H3. The lowest BCUT2D eigenvalue weighted by Gasteiger charge is -2.35. The highest BCUT2D eigenvalue weighted by atomic mass is 19.4. The van der Waals surface area contributed by atoms with Gasteiger partial charge in [-0.3, -0.25) is 9.59 Å². The van der Waals surface area contributed by atoms with Crippen molar-refractivity contribution in [2.24, 2.45) is 0 Å². The average molecular weight is 406 g/mol. The van der Waals surface area contributed by atoms with Crippen molar-refractivity contribution in [2.45, 2.75) is 32.4 Å². The van der Waals surface area contributed by atoms with Crippen LogP contribution in [0.25, 0.3) is 0 Å². The number of carbonyl (C=O) groups excluding carboxylic acids is 2. The Morgan fingerprint density at radius 2 is 1.86 bits per heavy atom. The normalized spacial score (nSPS) is 17.4. The lowest BCUT2D eigenvalue weighted by atomic mass is 9.93. The van der Waals surface area contributed by atoms with Crippen molar-refractivity contribution in [2.75, 3.05) is 31.1 Å². The van der Waals surface area contributed by atoms with E-state index in [1.165, 1.54) is 6.07 Å². The second-order valence-corrected chi connectivity index (χ2v) is 7.44. The summed E-state index contributed by atoms with van der Waals surface area (Å²) in [6.45, 7) is 3.61. The number of nitrogens with zero attached hydrogens (tertiary/aromatic N) is 3. The number of aromatic nitrogens is 2. The highest BCUT2D eigenvalue weighted by Gasteiger charge is 2.32. The molecule has 0 atom stereocenters. The number of aromatic amines is 1. The van der Waals surface area contributed by atoms with Crippen LogP contribution in [0.15, 0.2) is 18.3 Å². The zero-order valence-electron chi connectivity index (χ0n) is 16.0. The molecule has 0 spiro atoms. The highest BCUT2D eigenvalue weighted by molar-refractivity contribution is 6.04. The Balaban J connectivity index is 1.44. The van der Waals surface area contributed by atoms with E-state index in [1.54, 1.807) is 11.8 Å². The van der Waals surface area contributed by atoms with E-state index < -0.39 is 11.7 Å². The van der Waals surface area contributed by atoms with Crippen LogP contribution in [0.2, 0.25) is 0 Å². The lowest BCUT2D eigenvalue weighted by molar-refractivity contribution is -0.137. The number of carbonyl (C=O) groups is 2. The van der Waals surface area contributed by atoms with Crippen LogP contribution in [-0.4, -0.2) is 52.7 Å². The van der Waals surface area contributed by atoms with E-state index in [0.717, 1.165) is 30.8 Å². The number of pyridine rings is 1. The molecule has 0 unspecified atom stereocenters. The number of amides is 1. The van der Waals surface area contributed by atoms with Gasteiger partial charge in [0.05, 0.1) is 5.56 Å². The van der Waals surface area contributed by atoms with Gasteiger partial charge >= 0.3 is 6.18 Å². The number of halogens is 3. The molecule has 0 aromatic carbocycles. The van der Waals surface area contributed by atoms with Gasteiger partial charge in [0.2, 0.25) is 0 Å². The van der Waals surface area contributed by atoms with E-state index in [0.29, 0.717) is 55.2 Å². The molecule has 6 nitrogen and oxygen atoms in total. The molecule has 0 bridgehead atoms. The highest BCUT2D eigenvalue weighted by Crippen LogP contribution is 2.30. The molecule has 154 valence electrons. The second kappa shape index (κ2) is 7.20. The summed E-state index contributed by atoms with van der Waals surface area (Å²) in [4.78, 5) is 35.8. The third kappa shape index (κ3) is 3.61. The van der Waals surface area contributed by atoms with Gasteiger partial charge in [0.15, 0.2) is 5.78 Å². The number of rotatable bonds is 2. The summed E-state index contributed by atoms with van der Waals surface area (Å²) in [6, 6.07) is 2.37. The molecule has 0 radical (unpaired) electrons. The minimum atomic E-state index is -4.41. The number of fused-ring (bicyclic) bond motifs is 1. The van der Waals surface area contributed by atoms with Crippen LogP contribution in [0.1, 0.15) is 50.5 Å². The van der Waals surface area contributed by atoms with E-state index in [2.05, 4.69) is 9.97 Å². The third-order valence-corrected chi connectivity index (χ3v) is 5.62. The largest absolute Gasteiger partial charge is 0.417 e. The van der Waals surface area contributed by atoms with Crippen molar-refractivity contribution >= 4 is 17.5 Å². The zero-order chi connectivity index (χ0) is 20.8. The number of anilines is 1. The van der Waals surface area contributed by atoms with E-state index in [-0.39, 0.29) is 11.7 Å². The summed E-state index contributed by atoms with van der Waals surface area (Å²) in [5, 5.41) is 0. The number of alkyl halides is 3. The van der Waals surface area contributed by atoms with Gasteiger partial charge in [0.1, 0.15) is 11.5 Å². The monoisotopic (exact) mass is 406 g/mol. The number of piperazine rings is 1. The van der Waals surface area contributed by atoms with Gasteiger partial charge in [0.25, 0.3) is 5.91 Å². The van der Waals surface area contributed by atoms with E-state index in [4.69, 9.17) is 0 Å². The lowest BCUT2D eigenvalue weighted by Crippen LogP contribution is -2.49. The van der Waals surface area contributed by atoms with Crippen LogP contribution in [0.3, 0.4) is 0 Å². The van der Waals surface area contributed by atoms with Crippen LogP contribution in [0.4, 0.5) is 19.0 Å². The fourth-order valence-electron chi connectivity index (χ4n) is 4.03. The summed E-state index contributed by atoms with van der Waals surface area (Å²) in [7, 11) is 0. The smallest absolute Gasteiger partial charge is 0.354 e. The first kappa shape index (κ1) is 19.5. The van der Waals surface area contributed by atoms with E-state index in [1.807, 2.05) is 4.90 Å². The zero-order valence-corrected chi connectivity index (χ0v) is 16.0. The molecule has 4 rings (SSSR count). The first-order chi connectivity index (χ1) is 13.8. The minimum absolute atomic E-state index is 0.0808. The Bertz CT molecular complexity index is 942. The fraction of sp³-hybridized carbons (Fsp3) is 0.450. The molecule has 1 amide bonds. The van der Waals surface area contributed by atoms with Crippen LogP contribution >= 0.6 is 0 Å². The van der Waals surface area contributed by atoms with Crippen LogP contribution in [0.5, 0.6) is 0 Å². The molecular formula is C20H21F3N4O2. The Hall–Kier alpha value is -2.84. The maximum Gasteiger partial charge on any atom is 0.417 e. The molecule has 9 heteroatoms. The first-order valence-corrected chi connectivity index (χ1v) is 9.58. The van der Waals surface area contributed by atoms with Crippen molar-refractivity contribution in [3.05, 3.63) is 46.4 Å². The Labute approximate surface area is 165 Å². The molecule has 2 aliphatic rings. The Kier molecular flexibility index (Phi) is 4.84. The Morgan fingerprint density at radius 1 is 1.14 bits per heavy atom. The molecule has 3 heterocycles. The van der Waals surface area contributed by atoms with Crippen molar-refractivity contribution in [1.29, 1.82) is 0 Å². The van der Waals surface area contributed by atoms with Crippen molar-refractivity contribution in [3.63, 3.8) is 0 Å². The van der Waals surface area contributed by atoms with Gasteiger partial charge in [-0.25, -0.2) is 4.98 Å². The average Bonchev–Trinajstić information content (AvgIpc) is 3.05. The summed E-state index contributed by atoms with van der Waals surface area (Å²) in [5.74, 6) is 0.393. The summed E-state index contributed by atoms with van der Waals surface area (Å²) < 4.78 is 38.1. The van der Waals surface area contributed by atoms with Gasteiger partial charge in [-0.05, 0) is 37.5 Å². The number of nitrogens with one attached hydrogen (secondary N) is 1. The molecule has 1 aliphatic heterocycles. The molecule has 0 saturated carbocycles. The maximum atomic E-state index is 13.0. The van der Waals surface area contributed by atoms with Crippen molar-refractivity contribution in [1.82, 2.24) is 14.9 Å². The number of hydrogen-bond acceptors (Lipinski definition) is 4. The van der Waals surface area contributed by atoms with E-state index >= 15 is 0 Å². The molecular weight excluding hydrogens is 385 g/mol. The predicted molar refractivity (Wildman–Crippen MR) is 100 cm³/mol. The Morgan fingerprint density at radius 3 is 2.45 bits per heavy atom. The topological polar surface area (TPSA) is 69.3 Å². The molecule has 1 aliphatic carbocycles. The van der Waals surface area contributed by atoms with Crippen LogP contribution in [-0.2, 0) is 12.6 Å². The molecule has 1 saturated heterocycles. The van der Waals surface area contributed by atoms with Gasteiger partial charge < -0.3 is 14.8 Å². The quantitative estimate of drug-likeness (QED) is 0.832. The maximum absolute atomic E-state index is 13.0. The van der Waals surface area contributed by atoms with Gasteiger partial charge in [0, 0.05) is 50.1 Å². The van der Waals surface area contributed by atoms with Gasteiger partial charge in [-0.2, -0.15) is 13.2 Å². The number of Topliss-reactive ketones (excluding diaryl/α,β-unsaturated/α-hetero) is 1. The molecule has 1 fully saturated rings. The summed E-state index contributed by atoms with van der Waals surface area (Å²) >= 11 is 0. The molecule has 1 N–H and O–H groups in total. The van der Waals surface area contributed by atoms with Gasteiger partial charge in [-0.15, -0.1) is 0 Å². The van der Waals surface area contributed by atoms with E-state index in [9.17, 15) is 22.8 Å². The summed E-state index contributed by atoms with van der Waals surface area (Å²) in [6.07, 6.45) is -1.51. The minimum Gasteiger partial charge on any atom is -0.354 e. The van der Waals surface area contributed by atoms with Gasteiger partial charge in [-0.1, -0.05) is 0 Å². The second-order valence-electron chi connectivity index (χ2n) is 7.44. The number of hydrogen-bond donors (Lipinski definition) is 1. The van der Waals surface area contributed by atoms with Crippen molar-refractivity contribution < 1.29 is 22.8 Å². The fourth-order valence-corrected chi connectivity index (χ4v) is 4.03. The SMILES string of the molecule is Cc1c(C(=O)N2CCN(c3ccc(C(F)(F)F)cn3)CC2)[nH]c2c1C(=O)CCC2.